The van der Waals surface area contributed by atoms with E-state index in [1.54, 1.807) is 13.2 Å². The summed E-state index contributed by atoms with van der Waals surface area (Å²) in [4.78, 5) is 12.2. The molecule has 0 saturated heterocycles. The predicted molar refractivity (Wildman–Crippen MR) is 84.6 cm³/mol. The summed E-state index contributed by atoms with van der Waals surface area (Å²) in [6.45, 7) is 0. The van der Waals surface area contributed by atoms with Crippen molar-refractivity contribution >= 4 is 33.3 Å². The molecule has 0 aliphatic heterocycles. The molecule has 0 aromatic heterocycles. The van der Waals surface area contributed by atoms with Crippen LogP contribution in [-0.2, 0) is 17.6 Å². The van der Waals surface area contributed by atoms with Gasteiger partial charge in [0.25, 0.3) is 0 Å². The highest BCUT2D eigenvalue weighted by Gasteiger charge is 2.10. The molecule has 20 heavy (non-hydrogen) atoms. The smallest absolute Gasteiger partial charge is 0.141 e. The maximum Gasteiger partial charge on any atom is 0.141 e. The molecule has 0 unspecified atom stereocenters. The molecule has 0 heterocycles. The van der Waals surface area contributed by atoms with Crippen molar-refractivity contribution in [3.8, 4) is 5.75 Å². The van der Waals surface area contributed by atoms with Gasteiger partial charge in [-0.3, -0.25) is 4.79 Å². The zero-order chi connectivity index (χ0) is 14.5. The molecule has 2 nitrogen and oxygen atoms in total. The molecule has 0 bridgehead atoms. The van der Waals surface area contributed by atoms with E-state index in [1.165, 1.54) is 0 Å². The monoisotopic (exact) mass is 352 g/mol. The molecule has 4 heteroatoms. The molecule has 0 N–H and O–H groups in total. The minimum Gasteiger partial charge on any atom is -0.496 e. The van der Waals surface area contributed by atoms with Gasteiger partial charge < -0.3 is 4.74 Å². The topological polar surface area (TPSA) is 26.3 Å². The van der Waals surface area contributed by atoms with Crippen LogP contribution < -0.4 is 4.74 Å². The first-order chi connectivity index (χ1) is 9.58. The Bertz CT molecular complexity index is 626. The molecule has 0 atom stereocenters. The van der Waals surface area contributed by atoms with Crippen molar-refractivity contribution in [3.05, 3.63) is 63.1 Å². The van der Waals surface area contributed by atoms with Crippen LogP contribution in [0.2, 0.25) is 5.02 Å². The van der Waals surface area contributed by atoms with Crippen molar-refractivity contribution in [2.75, 3.05) is 7.11 Å². The number of Topliss-reactive ketones (excluding diaryl/α,β-unsaturated/α-hetero) is 1. The van der Waals surface area contributed by atoms with Crippen LogP contribution in [0.5, 0.6) is 5.75 Å². The maximum absolute atomic E-state index is 12.2. The van der Waals surface area contributed by atoms with Gasteiger partial charge in [0, 0.05) is 27.9 Å². The van der Waals surface area contributed by atoms with Crippen LogP contribution in [0.15, 0.2) is 46.9 Å². The number of methoxy groups -OCH3 is 1. The van der Waals surface area contributed by atoms with Crippen molar-refractivity contribution in [3.63, 3.8) is 0 Å². The zero-order valence-electron chi connectivity index (χ0n) is 11.0. The third-order valence-electron chi connectivity index (χ3n) is 2.92. The quantitative estimate of drug-likeness (QED) is 0.793. The van der Waals surface area contributed by atoms with Crippen LogP contribution in [0.25, 0.3) is 0 Å². The first-order valence-electron chi connectivity index (χ1n) is 6.17. The number of carbonyl (C=O) groups is 1. The first kappa shape index (κ1) is 15.1. The SMILES string of the molecule is COc1ccc(Br)cc1CC(=O)Cc1cccc(Cl)c1. The third kappa shape index (κ3) is 4.09. The fourth-order valence-corrected chi connectivity index (χ4v) is 2.66. The maximum atomic E-state index is 12.2. The molecule has 2 aromatic rings. The van der Waals surface area contributed by atoms with Crippen molar-refractivity contribution in [2.45, 2.75) is 12.8 Å². The number of hydrogen-bond donors (Lipinski definition) is 0. The average Bonchev–Trinajstić information content (AvgIpc) is 2.38. The standard InChI is InChI=1S/C16H14BrClO2/c1-20-16-6-5-13(17)9-12(16)10-15(19)8-11-3-2-4-14(18)7-11/h2-7,9H,8,10H2,1H3. The van der Waals surface area contributed by atoms with Gasteiger partial charge in [-0.2, -0.15) is 0 Å². The molecule has 0 amide bonds. The van der Waals surface area contributed by atoms with E-state index in [-0.39, 0.29) is 5.78 Å². The number of hydrogen-bond acceptors (Lipinski definition) is 2. The number of carbonyl (C=O) groups excluding carboxylic acids is 1. The molecule has 2 aromatic carbocycles. The van der Waals surface area contributed by atoms with Gasteiger partial charge in [-0.25, -0.2) is 0 Å². The van der Waals surface area contributed by atoms with Crippen molar-refractivity contribution in [1.82, 2.24) is 0 Å². The Kier molecular flexibility index (Phi) is 5.21. The lowest BCUT2D eigenvalue weighted by molar-refractivity contribution is -0.117. The number of rotatable bonds is 5. The highest BCUT2D eigenvalue weighted by atomic mass is 79.9. The molecule has 0 saturated carbocycles. The number of ether oxygens (including phenoxy) is 1. The van der Waals surface area contributed by atoms with Crippen LogP contribution in [-0.4, -0.2) is 12.9 Å². The van der Waals surface area contributed by atoms with E-state index >= 15 is 0 Å². The van der Waals surface area contributed by atoms with E-state index in [4.69, 9.17) is 16.3 Å². The number of benzene rings is 2. The normalized spacial score (nSPS) is 10.3. The van der Waals surface area contributed by atoms with Gasteiger partial charge in [-0.15, -0.1) is 0 Å². The Morgan fingerprint density at radius 2 is 2.00 bits per heavy atom. The van der Waals surface area contributed by atoms with E-state index in [1.807, 2.05) is 36.4 Å². The van der Waals surface area contributed by atoms with E-state index in [0.717, 1.165) is 21.3 Å². The predicted octanol–water partition coefficient (Wildman–Crippen LogP) is 4.47. The molecule has 0 fully saturated rings. The van der Waals surface area contributed by atoms with Crippen LogP contribution in [0.1, 0.15) is 11.1 Å². The number of ketones is 1. The summed E-state index contributed by atoms with van der Waals surface area (Å²) in [5.74, 6) is 0.858. The third-order valence-corrected chi connectivity index (χ3v) is 3.65. The van der Waals surface area contributed by atoms with Gasteiger partial charge in [-0.05, 0) is 35.9 Å². The lowest BCUT2D eigenvalue weighted by atomic mass is 10.0. The fraction of sp³-hybridized carbons (Fsp3) is 0.188. The molecule has 104 valence electrons. The molecule has 2 rings (SSSR count). The van der Waals surface area contributed by atoms with E-state index < -0.39 is 0 Å². The number of halogens is 2. The second-order valence-electron chi connectivity index (χ2n) is 4.48. The highest BCUT2D eigenvalue weighted by Crippen LogP contribution is 2.24. The van der Waals surface area contributed by atoms with Crippen LogP contribution in [0.3, 0.4) is 0 Å². The summed E-state index contributed by atoms with van der Waals surface area (Å²) in [5.41, 5.74) is 1.81. The molecule has 0 spiro atoms. The van der Waals surface area contributed by atoms with Crippen LogP contribution in [0, 0.1) is 0 Å². The van der Waals surface area contributed by atoms with Crippen LogP contribution >= 0.6 is 27.5 Å². The van der Waals surface area contributed by atoms with Crippen LogP contribution in [0.4, 0.5) is 0 Å². The molecular weight excluding hydrogens is 340 g/mol. The Balaban J connectivity index is 2.10. The summed E-state index contributed by atoms with van der Waals surface area (Å²) >= 11 is 9.33. The van der Waals surface area contributed by atoms with Crippen molar-refractivity contribution in [2.24, 2.45) is 0 Å². The zero-order valence-corrected chi connectivity index (χ0v) is 13.4. The molecule has 0 radical (unpaired) electrons. The lowest BCUT2D eigenvalue weighted by Crippen LogP contribution is -2.07. The second kappa shape index (κ2) is 6.91. The van der Waals surface area contributed by atoms with Gasteiger partial charge in [-0.1, -0.05) is 39.7 Å². The van der Waals surface area contributed by atoms with Gasteiger partial charge in [0.1, 0.15) is 11.5 Å². The highest BCUT2D eigenvalue weighted by molar-refractivity contribution is 9.10. The lowest BCUT2D eigenvalue weighted by Gasteiger charge is -2.08. The van der Waals surface area contributed by atoms with Gasteiger partial charge in [0.2, 0.25) is 0 Å². The molecule has 0 aliphatic rings. The summed E-state index contributed by atoms with van der Waals surface area (Å²) in [6, 6.07) is 13.0. The fourth-order valence-electron chi connectivity index (χ4n) is 2.03. The van der Waals surface area contributed by atoms with E-state index in [0.29, 0.717) is 17.9 Å². The summed E-state index contributed by atoms with van der Waals surface area (Å²) < 4.78 is 6.21. The minimum absolute atomic E-state index is 0.128. The van der Waals surface area contributed by atoms with E-state index in [2.05, 4.69) is 15.9 Å². The summed E-state index contributed by atoms with van der Waals surface area (Å²) in [7, 11) is 1.61. The Hall–Kier alpha value is -1.32. The van der Waals surface area contributed by atoms with Gasteiger partial charge in [0.05, 0.1) is 7.11 Å². The summed E-state index contributed by atoms with van der Waals surface area (Å²) in [5, 5.41) is 0.648. The summed E-state index contributed by atoms with van der Waals surface area (Å²) in [6.07, 6.45) is 0.714. The Morgan fingerprint density at radius 1 is 1.20 bits per heavy atom. The van der Waals surface area contributed by atoms with Crippen molar-refractivity contribution < 1.29 is 9.53 Å². The largest absolute Gasteiger partial charge is 0.496 e. The minimum atomic E-state index is 0.128. The Labute approximate surface area is 131 Å². The van der Waals surface area contributed by atoms with E-state index in [9.17, 15) is 4.79 Å². The average molecular weight is 354 g/mol. The van der Waals surface area contributed by atoms with Gasteiger partial charge >= 0.3 is 0 Å². The Morgan fingerprint density at radius 3 is 2.70 bits per heavy atom. The first-order valence-corrected chi connectivity index (χ1v) is 7.34. The van der Waals surface area contributed by atoms with Gasteiger partial charge in [0.15, 0.2) is 0 Å². The van der Waals surface area contributed by atoms with Crippen molar-refractivity contribution in [1.29, 1.82) is 0 Å². The molecular formula is C16H14BrClO2. The molecule has 0 aliphatic carbocycles. The second-order valence-corrected chi connectivity index (χ2v) is 5.83.